The highest BCUT2D eigenvalue weighted by atomic mass is 35.5. The second-order valence-corrected chi connectivity index (χ2v) is 7.17. The van der Waals surface area contributed by atoms with E-state index in [1.165, 1.54) is 0 Å². The first kappa shape index (κ1) is 19.2. The summed E-state index contributed by atoms with van der Waals surface area (Å²) in [5.41, 5.74) is 4.96. The largest absolute Gasteiger partial charge is 0.327 e. The van der Waals surface area contributed by atoms with Crippen LogP contribution in [0.15, 0.2) is 64.7 Å². The standard InChI is InChI=1S/C22H24ClN3O/c1-5-7-19-20(24)18(6-2)21(15-8-10-16(23)11-9-15)26(19)17-12-14(3)22(27)25(4)13-17/h6-13,21,24H,5H2,1-4H3/b18-6+,19-7+,24-20?. The van der Waals surface area contributed by atoms with E-state index in [2.05, 4.69) is 17.9 Å². The van der Waals surface area contributed by atoms with Crippen molar-refractivity contribution in [3.8, 4) is 0 Å². The van der Waals surface area contributed by atoms with E-state index >= 15 is 0 Å². The number of hydrogen-bond acceptors (Lipinski definition) is 3. The molecule has 1 aliphatic heterocycles. The van der Waals surface area contributed by atoms with Gasteiger partial charge in [-0.15, -0.1) is 0 Å². The lowest BCUT2D eigenvalue weighted by Crippen LogP contribution is -2.26. The maximum atomic E-state index is 12.2. The molecule has 5 heteroatoms. The number of nitrogens with one attached hydrogen (secondary N) is 1. The van der Waals surface area contributed by atoms with Gasteiger partial charge in [0.2, 0.25) is 0 Å². The molecule has 0 radical (unpaired) electrons. The minimum atomic E-state index is -0.130. The van der Waals surface area contributed by atoms with Crippen LogP contribution in [0.2, 0.25) is 5.02 Å². The molecule has 2 aromatic rings. The van der Waals surface area contributed by atoms with Crippen molar-refractivity contribution in [1.82, 2.24) is 4.57 Å². The highest BCUT2D eigenvalue weighted by Gasteiger charge is 2.38. The maximum Gasteiger partial charge on any atom is 0.253 e. The highest BCUT2D eigenvalue weighted by molar-refractivity contribution is 6.30. The van der Waals surface area contributed by atoms with Crippen molar-refractivity contribution in [2.45, 2.75) is 33.2 Å². The summed E-state index contributed by atoms with van der Waals surface area (Å²) in [6, 6.07) is 9.52. The van der Waals surface area contributed by atoms with E-state index in [4.69, 9.17) is 17.0 Å². The fourth-order valence-corrected chi connectivity index (χ4v) is 3.75. The predicted octanol–water partition coefficient (Wildman–Crippen LogP) is 5.17. The van der Waals surface area contributed by atoms with Crippen LogP contribution in [0, 0.1) is 12.3 Å². The molecule has 0 bridgehead atoms. The molecule has 1 aromatic heterocycles. The van der Waals surface area contributed by atoms with Crippen LogP contribution in [0.25, 0.3) is 0 Å². The molecule has 0 spiro atoms. The number of benzene rings is 1. The molecule has 1 atom stereocenters. The topological polar surface area (TPSA) is 49.1 Å². The fourth-order valence-electron chi connectivity index (χ4n) is 3.63. The zero-order valence-electron chi connectivity index (χ0n) is 16.1. The molecule has 27 heavy (non-hydrogen) atoms. The molecule has 0 aliphatic carbocycles. The smallest absolute Gasteiger partial charge is 0.253 e. The Hall–Kier alpha value is -2.59. The van der Waals surface area contributed by atoms with Gasteiger partial charge in [-0.25, -0.2) is 0 Å². The number of aromatic nitrogens is 1. The molecule has 3 rings (SSSR count). The van der Waals surface area contributed by atoms with E-state index in [0.717, 1.165) is 28.9 Å². The number of nitrogens with zero attached hydrogens (tertiary/aromatic N) is 2. The van der Waals surface area contributed by atoms with E-state index < -0.39 is 0 Å². The SMILES string of the molecule is C/C=C1\C(=N)/C(=C\CC)N(c2cc(C)c(=O)n(C)c2)C1c1ccc(Cl)cc1. The number of aryl methyl sites for hydroxylation is 2. The highest BCUT2D eigenvalue weighted by Crippen LogP contribution is 2.44. The van der Waals surface area contributed by atoms with Crippen LogP contribution in [0.1, 0.15) is 37.4 Å². The van der Waals surface area contributed by atoms with Crippen LogP contribution in [0.5, 0.6) is 0 Å². The van der Waals surface area contributed by atoms with Crippen molar-refractivity contribution in [3.63, 3.8) is 0 Å². The lowest BCUT2D eigenvalue weighted by Gasteiger charge is -2.29. The molecular formula is C22H24ClN3O. The van der Waals surface area contributed by atoms with Crippen LogP contribution in [-0.2, 0) is 7.05 Å². The lowest BCUT2D eigenvalue weighted by molar-refractivity contribution is 0.801. The molecule has 1 unspecified atom stereocenters. The molecule has 0 amide bonds. The van der Waals surface area contributed by atoms with Crippen molar-refractivity contribution in [2.24, 2.45) is 7.05 Å². The fraction of sp³-hybridized carbons (Fsp3) is 0.273. The van der Waals surface area contributed by atoms with E-state index in [-0.39, 0.29) is 11.6 Å². The number of halogens is 1. The van der Waals surface area contributed by atoms with Crippen molar-refractivity contribution < 1.29 is 0 Å². The quantitative estimate of drug-likeness (QED) is 0.797. The Balaban J connectivity index is 2.27. The molecule has 1 aromatic carbocycles. The van der Waals surface area contributed by atoms with E-state index in [1.54, 1.807) is 11.6 Å². The number of anilines is 1. The van der Waals surface area contributed by atoms with Crippen LogP contribution in [0.3, 0.4) is 0 Å². The average molecular weight is 382 g/mol. The molecule has 0 saturated carbocycles. The van der Waals surface area contributed by atoms with E-state index in [9.17, 15) is 4.79 Å². The number of hydrogen-bond donors (Lipinski definition) is 1. The number of pyridine rings is 1. The van der Waals surface area contributed by atoms with E-state index in [1.807, 2.05) is 56.5 Å². The average Bonchev–Trinajstić information content (AvgIpc) is 2.92. The third-order valence-electron chi connectivity index (χ3n) is 4.88. The molecule has 2 heterocycles. The van der Waals surface area contributed by atoms with Gasteiger partial charge in [0.15, 0.2) is 0 Å². The summed E-state index contributed by atoms with van der Waals surface area (Å²) < 4.78 is 1.60. The molecule has 4 nitrogen and oxygen atoms in total. The Labute approximate surface area is 164 Å². The van der Waals surface area contributed by atoms with Gasteiger partial charge in [0.1, 0.15) is 0 Å². The normalized spacial score (nSPS) is 20.1. The van der Waals surface area contributed by atoms with Crippen LogP contribution < -0.4 is 10.5 Å². The molecular weight excluding hydrogens is 358 g/mol. The minimum absolute atomic E-state index is 0.0108. The van der Waals surface area contributed by atoms with Crippen LogP contribution in [-0.4, -0.2) is 10.3 Å². The summed E-state index contributed by atoms with van der Waals surface area (Å²) in [7, 11) is 1.76. The summed E-state index contributed by atoms with van der Waals surface area (Å²) >= 11 is 6.09. The van der Waals surface area contributed by atoms with Crippen LogP contribution >= 0.6 is 11.6 Å². The zero-order valence-corrected chi connectivity index (χ0v) is 16.8. The third kappa shape index (κ3) is 3.37. The molecule has 1 aliphatic rings. The van der Waals surface area contributed by atoms with Gasteiger partial charge in [0, 0.05) is 29.4 Å². The summed E-state index contributed by atoms with van der Waals surface area (Å²) in [5, 5.41) is 9.43. The number of rotatable bonds is 3. The zero-order chi connectivity index (χ0) is 19.7. The monoisotopic (exact) mass is 381 g/mol. The van der Waals surface area contributed by atoms with Gasteiger partial charge < -0.3 is 9.47 Å². The maximum absolute atomic E-state index is 12.2. The summed E-state index contributed by atoms with van der Waals surface area (Å²) in [6.07, 6.45) is 6.74. The second-order valence-electron chi connectivity index (χ2n) is 6.74. The molecule has 1 saturated heterocycles. The Bertz CT molecular complexity index is 973. The van der Waals surface area contributed by atoms with Crippen molar-refractivity contribution in [1.29, 1.82) is 5.41 Å². The Morgan fingerprint density at radius 3 is 2.48 bits per heavy atom. The Kier molecular flexibility index (Phi) is 5.38. The molecule has 140 valence electrons. The van der Waals surface area contributed by atoms with Crippen molar-refractivity contribution >= 4 is 23.0 Å². The number of allylic oxidation sites excluding steroid dienone is 3. The van der Waals surface area contributed by atoms with Gasteiger partial charge in [0.25, 0.3) is 5.56 Å². The molecule has 1 N–H and O–H groups in total. The lowest BCUT2D eigenvalue weighted by atomic mass is 9.98. The molecule has 1 fully saturated rings. The minimum Gasteiger partial charge on any atom is -0.327 e. The van der Waals surface area contributed by atoms with Gasteiger partial charge in [-0.3, -0.25) is 10.2 Å². The van der Waals surface area contributed by atoms with Crippen molar-refractivity contribution in [3.05, 3.63) is 86.5 Å². The van der Waals surface area contributed by atoms with E-state index in [0.29, 0.717) is 16.3 Å². The third-order valence-corrected chi connectivity index (χ3v) is 5.13. The van der Waals surface area contributed by atoms with Gasteiger partial charge in [-0.1, -0.05) is 42.8 Å². The van der Waals surface area contributed by atoms with Gasteiger partial charge in [-0.2, -0.15) is 0 Å². The summed E-state index contributed by atoms with van der Waals surface area (Å²) in [6.45, 7) is 5.85. The Morgan fingerprint density at radius 1 is 1.26 bits per heavy atom. The Morgan fingerprint density at radius 2 is 1.93 bits per heavy atom. The van der Waals surface area contributed by atoms with Gasteiger partial charge in [0.05, 0.1) is 23.1 Å². The first-order valence-corrected chi connectivity index (χ1v) is 9.44. The van der Waals surface area contributed by atoms with Gasteiger partial charge in [-0.05, 0) is 44.0 Å². The van der Waals surface area contributed by atoms with Gasteiger partial charge >= 0.3 is 0 Å². The second kappa shape index (κ2) is 7.57. The van der Waals surface area contributed by atoms with Crippen molar-refractivity contribution in [2.75, 3.05) is 4.90 Å². The first-order chi connectivity index (χ1) is 12.9. The summed E-state index contributed by atoms with van der Waals surface area (Å²) in [4.78, 5) is 14.3. The van der Waals surface area contributed by atoms with Crippen LogP contribution in [0.4, 0.5) is 5.69 Å². The predicted molar refractivity (Wildman–Crippen MR) is 113 cm³/mol. The summed E-state index contributed by atoms with van der Waals surface area (Å²) in [5.74, 6) is 0. The first-order valence-electron chi connectivity index (χ1n) is 9.06.